The normalized spacial score (nSPS) is 17.1. The highest BCUT2D eigenvalue weighted by atomic mass is 127. The molecule has 5 nitrogen and oxygen atoms in total. The van der Waals surface area contributed by atoms with Crippen LogP contribution in [0.25, 0.3) is 0 Å². The largest absolute Gasteiger partial charge is 0.434 e. The molecule has 0 aromatic carbocycles. The number of aliphatic imine (C=N–C) groups is 1. The average molecular weight is 519 g/mol. The van der Waals surface area contributed by atoms with Gasteiger partial charge in [-0.3, -0.25) is 0 Å². The molecular weight excluding hydrogens is 490 g/mol. The van der Waals surface area contributed by atoms with Gasteiger partial charge in [-0.1, -0.05) is 13.8 Å². The van der Waals surface area contributed by atoms with Crippen LogP contribution in [0.4, 0.5) is 13.2 Å². The summed E-state index contributed by atoms with van der Waals surface area (Å²) in [6.07, 6.45) is -2.33. The van der Waals surface area contributed by atoms with Crippen LogP contribution in [0.1, 0.15) is 44.3 Å². The average Bonchev–Trinajstić information content (AvgIpc) is 3.03. The number of alkyl halides is 3. The van der Waals surface area contributed by atoms with Crippen LogP contribution >= 0.6 is 35.3 Å². The molecule has 1 saturated heterocycles. The summed E-state index contributed by atoms with van der Waals surface area (Å²) in [6.45, 7) is 10.5. The van der Waals surface area contributed by atoms with E-state index in [1.807, 2.05) is 6.92 Å². The van der Waals surface area contributed by atoms with Crippen LogP contribution in [0.15, 0.2) is 10.4 Å². The first kappa shape index (κ1) is 24.4. The number of aromatic nitrogens is 1. The molecule has 2 rings (SSSR count). The van der Waals surface area contributed by atoms with Gasteiger partial charge in [-0.25, -0.2) is 9.98 Å². The Hall–Kier alpha value is -0.620. The van der Waals surface area contributed by atoms with Gasteiger partial charge in [0.2, 0.25) is 0 Å². The third-order valence-electron chi connectivity index (χ3n) is 4.11. The molecule has 1 aromatic rings. The van der Waals surface area contributed by atoms with Crippen LogP contribution in [-0.4, -0.2) is 48.1 Å². The summed E-state index contributed by atoms with van der Waals surface area (Å²) < 4.78 is 37.9. The molecule has 1 aromatic heterocycles. The third-order valence-corrected chi connectivity index (χ3v) is 4.94. The van der Waals surface area contributed by atoms with E-state index in [4.69, 9.17) is 0 Å². The summed E-state index contributed by atoms with van der Waals surface area (Å²) in [5.74, 6) is 1.30. The lowest BCUT2D eigenvalue weighted by molar-refractivity contribution is -0.140. The molecule has 156 valence electrons. The van der Waals surface area contributed by atoms with Crippen LogP contribution in [0.3, 0.4) is 0 Å². The molecule has 10 heteroatoms. The molecule has 0 bridgehead atoms. The second-order valence-electron chi connectivity index (χ2n) is 6.93. The summed E-state index contributed by atoms with van der Waals surface area (Å²) in [5.41, 5.74) is -0.844. The fraction of sp³-hybridized carbons (Fsp3) is 0.765. The van der Waals surface area contributed by atoms with Crippen molar-refractivity contribution in [3.05, 3.63) is 16.1 Å². The molecule has 0 aliphatic carbocycles. The predicted molar refractivity (Wildman–Crippen MR) is 115 cm³/mol. The van der Waals surface area contributed by atoms with Crippen molar-refractivity contribution in [3.63, 3.8) is 0 Å². The maximum Gasteiger partial charge on any atom is 0.434 e. The zero-order valence-electron chi connectivity index (χ0n) is 16.0. The summed E-state index contributed by atoms with van der Waals surface area (Å²) in [7, 11) is 0. The number of piperidine rings is 1. The number of nitrogens with one attached hydrogen (secondary N) is 2. The first-order valence-electron chi connectivity index (χ1n) is 9.06. The van der Waals surface area contributed by atoms with Crippen LogP contribution < -0.4 is 10.6 Å². The fourth-order valence-electron chi connectivity index (χ4n) is 2.95. The molecule has 1 fully saturated rings. The van der Waals surface area contributed by atoms with E-state index in [9.17, 15) is 13.2 Å². The number of hydrogen-bond donors (Lipinski definition) is 2. The van der Waals surface area contributed by atoms with E-state index in [1.165, 1.54) is 0 Å². The van der Waals surface area contributed by atoms with Gasteiger partial charge in [0.05, 0.1) is 6.54 Å². The molecule has 0 spiro atoms. The Morgan fingerprint density at radius 3 is 2.56 bits per heavy atom. The molecule has 1 aliphatic rings. The van der Waals surface area contributed by atoms with Gasteiger partial charge in [0, 0.05) is 37.6 Å². The van der Waals surface area contributed by atoms with Crippen LogP contribution in [0.2, 0.25) is 0 Å². The lowest BCUT2D eigenvalue weighted by Crippen LogP contribution is -2.49. The SMILES string of the molecule is CCNC(=NCc1nc(C(F)(F)F)cs1)NC1CCN(CC(C)C)CC1.I. The standard InChI is InChI=1S/C17H28F3N5S.HI/c1-4-21-16(22-9-15-24-14(11-26-15)17(18,19)20)23-13-5-7-25(8-6-13)10-12(2)3;/h11-13H,4-10H2,1-3H3,(H2,21,22,23);1H. The number of hydrogen-bond acceptors (Lipinski definition) is 4. The minimum Gasteiger partial charge on any atom is -0.357 e. The Bertz CT molecular complexity index is 583. The zero-order valence-corrected chi connectivity index (χ0v) is 19.1. The highest BCUT2D eigenvalue weighted by Gasteiger charge is 2.33. The summed E-state index contributed by atoms with van der Waals surface area (Å²) in [6, 6.07) is 0.332. The van der Waals surface area contributed by atoms with E-state index in [1.54, 1.807) is 0 Å². The molecule has 0 amide bonds. The maximum atomic E-state index is 12.6. The molecule has 2 N–H and O–H groups in total. The highest BCUT2D eigenvalue weighted by molar-refractivity contribution is 14.0. The Kier molecular flexibility index (Phi) is 10.3. The molecule has 0 unspecified atom stereocenters. The second-order valence-corrected chi connectivity index (χ2v) is 7.88. The van der Waals surface area contributed by atoms with Gasteiger partial charge in [0.1, 0.15) is 5.01 Å². The van der Waals surface area contributed by atoms with Gasteiger partial charge in [-0.05, 0) is 25.7 Å². The minimum atomic E-state index is -4.40. The lowest BCUT2D eigenvalue weighted by atomic mass is 10.0. The van der Waals surface area contributed by atoms with E-state index in [0.29, 0.717) is 29.5 Å². The molecule has 0 saturated carbocycles. The number of halogens is 4. The summed E-state index contributed by atoms with van der Waals surface area (Å²) >= 11 is 0.988. The third kappa shape index (κ3) is 8.51. The smallest absolute Gasteiger partial charge is 0.357 e. The predicted octanol–water partition coefficient (Wildman–Crippen LogP) is 3.96. The van der Waals surface area contributed by atoms with Gasteiger partial charge < -0.3 is 15.5 Å². The number of likely N-dealkylation sites (tertiary alicyclic amines) is 1. The summed E-state index contributed by atoms with van der Waals surface area (Å²) in [5, 5.41) is 7.97. The maximum absolute atomic E-state index is 12.6. The van der Waals surface area contributed by atoms with Gasteiger partial charge in [0.15, 0.2) is 11.7 Å². The first-order chi connectivity index (χ1) is 12.3. The van der Waals surface area contributed by atoms with E-state index in [-0.39, 0.29) is 30.5 Å². The fourth-order valence-corrected chi connectivity index (χ4v) is 3.67. The van der Waals surface area contributed by atoms with Crippen molar-refractivity contribution in [1.82, 2.24) is 20.5 Å². The van der Waals surface area contributed by atoms with E-state index >= 15 is 0 Å². The Morgan fingerprint density at radius 1 is 1.37 bits per heavy atom. The van der Waals surface area contributed by atoms with E-state index < -0.39 is 11.9 Å². The van der Waals surface area contributed by atoms with Crippen molar-refractivity contribution in [3.8, 4) is 0 Å². The van der Waals surface area contributed by atoms with E-state index in [0.717, 1.165) is 49.2 Å². The van der Waals surface area contributed by atoms with E-state index in [2.05, 4.69) is 39.4 Å². The van der Waals surface area contributed by atoms with Gasteiger partial charge in [-0.2, -0.15) is 13.2 Å². The Balaban J connectivity index is 0.00000364. The van der Waals surface area contributed by atoms with Crippen molar-refractivity contribution in [2.45, 2.75) is 52.4 Å². The number of guanidine groups is 1. The van der Waals surface area contributed by atoms with Crippen molar-refractivity contribution in [2.24, 2.45) is 10.9 Å². The van der Waals surface area contributed by atoms with Crippen LogP contribution in [-0.2, 0) is 12.7 Å². The molecule has 0 radical (unpaired) electrons. The number of nitrogens with zero attached hydrogens (tertiary/aromatic N) is 3. The molecule has 0 atom stereocenters. The van der Waals surface area contributed by atoms with Crippen molar-refractivity contribution in [1.29, 1.82) is 0 Å². The van der Waals surface area contributed by atoms with Gasteiger partial charge in [0.25, 0.3) is 0 Å². The van der Waals surface area contributed by atoms with Gasteiger partial charge in [-0.15, -0.1) is 35.3 Å². The molecule has 27 heavy (non-hydrogen) atoms. The Morgan fingerprint density at radius 2 is 2.04 bits per heavy atom. The zero-order chi connectivity index (χ0) is 19.2. The van der Waals surface area contributed by atoms with Crippen molar-refractivity contribution < 1.29 is 13.2 Å². The monoisotopic (exact) mass is 519 g/mol. The molecular formula is C17H29F3IN5S. The number of thiazole rings is 1. The van der Waals surface area contributed by atoms with Crippen LogP contribution in [0.5, 0.6) is 0 Å². The van der Waals surface area contributed by atoms with Crippen LogP contribution in [0, 0.1) is 5.92 Å². The highest BCUT2D eigenvalue weighted by Crippen LogP contribution is 2.30. The second kappa shape index (κ2) is 11.4. The minimum absolute atomic E-state index is 0. The van der Waals surface area contributed by atoms with Gasteiger partial charge >= 0.3 is 6.18 Å². The lowest BCUT2D eigenvalue weighted by Gasteiger charge is -2.34. The molecule has 1 aliphatic heterocycles. The van der Waals surface area contributed by atoms with Crippen molar-refractivity contribution >= 4 is 41.3 Å². The first-order valence-corrected chi connectivity index (χ1v) is 9.94. The van der Waals surface area contributed by atoms with Crippen molar-refractivity contribution in [2.75, 3.05) is 26.2 Å². The molecule has 2 heterocycles. The summed E-state index contributed by atoms with van der Waals surface area (Å²) in [4.78, 5) is 10.5. The quantitative estimate of drug-likeness (QED) is 0.340. The topological polar surface area (TPSA) is 52.6 Å². The number of rotatable bonds is 6. The Labute approximate surface area is 180 Å².